The van der Waals surface area contributed by atoms with Crippen LogP contribution in [0.5, 0.6) is 0 Å². The number of pyridine rings is 2. The van der Waals surface area contributed by atoms with Crippen LogP contribution in [0.4, 0.5) is 4.79 Å². The van der Waals surface area contributed by atoms with E-state index >= 15 is 0 Å². The molecule has 2 aromatic heterocycles. The molecule has 0 atom stereocenters. The van der Waals surface area contributed by atoms with Gasteiger partial charge >= 0.3 is 6.09 Å². The zero-order valence-corrected chi connectivity index (χ0v) is 12.9. The Bertz CT molecular complexity index is 705. The number of amides is 3. The van der Waals surface area contributed by atoms with Gasteiger partial charge in [0.05, 0.1) is 10.0 Å². The van der Waals surface area contributed by atoms with E-state index in [2.05, 4.69) is 9.97 Å². The summed E-state index contributed by atoms with van der Waals surface area (Å²) in [6.45, 7) is 0. The lowest BCUT2D eigenvalue weighted by Gasteiger charge is -1.97. The van der Waals surface area contributed by atoms with E-state index in [0.29, 0.717) is 10.0 Å². The summed E-state index contributed by atoms with van der Waals surface area (Å²) in [5.41, 5.74) is 5.15. The van der Waals surface area contributed by atoms with E-state index < -0.39 is 17.9 Å². The van der Waals surface area contributed by atoms with Gasteiger partial charge in [-0.15, -0.1) is 0 Å². The number of imide groups is 1. The first-order valence-corrected chi connectivity index (χ1v) is 6.62. The second kappa shape index (κ2) is 8.66. The molecule has 120 valence electrons. The Morgan fingerprint density at radius 1 is 0.957 bits per heavy atom. The molecule has 0 saturated heterocycles. The molecular formula is C13H10Cl2N4O4. The SMILES string of the molecule is NC(=O)c1ccc(Cl)cn1.O=C(O)NC(=O)c1ccc(Cl)cn1. The number of aromatic nitrogens is 2. The summed E-state index contributed by atoms with van der Waals surface area (Å²) in [6.07, 6.45) is 1.22. The van der Waals surface area contributed by atoms with Crippen LogP contribution in [-0.2, 0) is 0 Å². The van der Waals surface area contributed by atoms with Gasteiger partial charge in [0.1, 0.15) is 11.4 Å². The van der Waals surface area contributed by atoms with Crippen molar-refractivity contribution in [3.05, 3.63) is 58.1 Å². The van der Waals surface area contributed by atoms with E-state index in [0.717, 1.165) is 0 Å². The number of hydrogen-bond donors (Lipinski definition) is 3. The highest BCUT2D eigenvalue weighted by atomic mass is 35.5. The number of primary amides is 1. The molecule has 0 aliphatic heterocycles. The van der Waals surface area contributed by atoms with Gasteiger partial charge in [0, 0.05) is 12.4 Å². The Morgan fingerprint density at radius 2 is 1.43 bits per heavy atom. The number of hydrogen-bond acceptors (Lipinski definition) is 5. The predicted molar refractivity (Wildman–Crippen MR) is 82.5 cm³/mol. The third-order valence-electron chi connectivity index (χ3n) is 2.16. The molecule has 0 radical (unpaired) electrons. The molecule has 10 heteroatoms. The highest BCUT2D eigenvalue weighted by Gasteiger charge is 2.09. The molecule has 4 N–H and O–H groups in total. The summed E-state index contributed by atoms with van der Waals surface area (Å²) in [7, 11) is 0. The predicted octanol–water partition coefficient (Wildman–Crippen LogP) is 1.98. The minimum Gasteiger partial charge on any atom is -0.465 e. The zero-order valence-electron chi connectivity index (χ0n) is 11.4. The average Bonchev–Trinajstić information content (AvgIpc) is 2.48. The third-order valence-corrected chi connectivity index (χ3v) is 2.61. The Labute approximate surface area is 140 Å². The van der Waals surface area contributed by atoms with Crippen molar-refractivity contribution in [1.82, 2.24) is 15.3 Å². The lowest BCUT2D eigenvalue weighted by Crippen LogP contribution is -2.29. The maximum Gasteiger partial charge on any atom is 0.411 e. The lowest BCUT2D eigenvalue weighted by molar-refractivity contribution is 0.0941. The van der Waals surface area contributed by atoms with Crippen molar-refractivity contribution >= 4 is 41.1 Å². The number of nitrogens with one attached hydrogen (secondary N) is 1. The number of carbonyl (C=O) groups is 3. The normalized spacial score (nSPS) is 9.30. The summed E-state index contributed by atoms with van der Waals surface area (Å²) in [5.74, 6) is -1.32. The standard InChI is InChI=1S/C7H5ClN2O3.C6H5ClN2O/c8-4-1-2-5(9-3-4)6(11)10-7(12)13;7-4-1-2-5(6(8)10)9-3-4/h1-3H,(H,10,11)(H,12,13);1-3H,(H2,8,10). The zero-order chi connectivity index (χ0) is 17.4. The Kier molecular flexibility index (Phi) is 6.91. The topological polar surface area (TPSA) is 135 Å². The molecule has 2 rings (SSSR count). The van der Waals surface area contributed by atoms with Crippen LogP contribution in [0, 0.1) is 0 Å². The monoisotopic (exact) mass is 356 g/mol. The van der Waals surface area contributed by atoms with Crippen LogP contribution in [-0.4, -0.2) is 33.0 Å². The first kappa shape index (κ1) is 18.3. The molecule has 0 bridgehead atoms. The quantitative estimate of drug-likeness (QED) is 0.752. The summed E-state index contributed by atoms with van der Waals surface area (Å²) >= 11 is 11.0. The smallest absolute Gasteiger partial charge is 0.411 e. The number of carbonyl (C=O) groups excluding carboxylic acids is 2. The molecule has 0 fully saturated rings. The molecule has 0 aliphatic rings. The van der Waals surface area contributed by atoms with Gasteiger partial charge in [0.15, 0.2) is 0 Å². The van der Waals surface area contributed by atoms with Crippen LogP contribution in [0.2, 0.25) is 10.0 Å². The largest absolute Gasteiger partial charge is 0.465 e. The van der Waals surface area contributed by atoms with Crippen LogP contribution in [0.15, 0.2) is 36.7 Å². The van der Waals surface area contributed by atoms with E-state index in [-0.39, 0.29) is 11.4 Å². The molecule has 0 unspecified atom stereocenters. The average molecular weight is 357 g/mol. The second-order valence-electron chi connectivity index (χ2n) is 3.85. The van der Waals surface area contributed by atoms with Gasteiger partial charge in [-0.25, -0.2) is 14.8 Å². The molecule has 23 heavy (non-hydrogen) atoms. The maximum absolute atomic E-state index is 11.0. The first-order valence-electron chi connectivity index (χ1n) is 5.86. The maximum atomic E-state index is 11.0. The minimum atomic E-state index is -1.42. The minimum absolute atomic E-state index is 0.00630. The van der Waals surface area contributed by atoms with Crippen molar-refractivity contribution in [3.63, 3.8) is 0 Å². The van der Waals surface area contributed by atoms with Crippen LogP contribution in [0.25, 0.3) is 0 Å². The number of halogens is 2. The van der Waals surface area contributed by atoms with Crippen molar-refractivity contribution < 1.29 is 19.5 Å². The summed E-state index contributed by atoms with van der Waals surface area (Å²) in [4.78, 5) is 38.8. The highest BCUT2D eigenvalue weighted by Crippen LogP contribution is 2.06. The van der Waals surface area contributed by atoms with Crippen LogP contribution >= 0.6 is 23.2 Å². The molecule has 2 heterocycles. The van der Waals surface area contributed by atoms with Crippen molar-refractivity contribution in [2.75, 3.05) is 0 Å². The Balaban J connectivity index is 0.000000238. The number of nitrogens with two attached hydrogens (primary N) is 1. The first-order chi connectivity index (χ1) is 10.8. The van der Waals surface area contributed by atoms with Crippen LogP contribution < -0.4 is 11.1 Å². The molecule has 3 amide bonds. The molecule has 8 nitrogen and oxygen atoms in total. The third kappa shape index (κ3) is 6.72. The fraction of sp³-hybridized carbons (Fsp3) is 0. The van der Waals surface area contributed by atoms with Crippen molar-refractivity contribution in [1.29, 1.82) is 0 Å². The summed E-state index contributed by atoms with van der Waals surface area (Å²) in [6, 6.07) is 5.82. The van der Waals surface area contributed by atoms with Crippen molar-refractivity contribution in [3.8, 4) is 0 Å². The van der Waals surface area contributed by atoms with Crippen LogP contribution in [0.3, 0.4) is 0 Å². The van der Waals surface area contributed by atoms with E-state index in [1.807, 2.05) is 0 Å². The highest BCUT2D eigenvalue weighted by molar-refractivity contribution is 6.30. The molecule has 0 aromatic carbocycles. The summed E-state index contributed by atoms with van der Waals surface area (Å²) < 4.78 is 0. The number of nitrogens with zero attached hydrogens (tertiary/aromatic N) is 2. The lowest BCUT2D eigenvalue weighted by atomic mass is 10.3. The van der Waals surface area contributed by atoms with Gasteiger partial charge in [-0.1, -0.05) is 23.2 Å². The van der Waals surface area contributed by atoms with E-state index in [1.165, 1.54) is 30.6 Å². The van der Waals surface area contributed by atoms with Gasteiger partial charge in [-0.05, 0) is 24.3 Å². The van der Waals surface area contributed by atoms with Crippen LogP contribution in [0.1, 0.15) is 21.0 Å². The van der Waals surface area contributed by atoms with Crippen molar-refractivity contribution in [2.24, 2.45) is 5.73 Å². The second-order valence-corrected chi connectivity index (χ2v) is 4.72. The van der Waals surface area contributed by atoms with Gasteiger partial charge in [-0.3, -0.25) is 14.9 Å². The number of carboxylic acid groups (broad SMARTS) is 1. The van der Waals surface area contributed by atoms with Crippen molar-refractivity contribution in [2.45, 2.75) is 0 Å². The van der Waals surface area contributed by atoms with Gasteiger partial charge in [-0.2, -0.15) is 0 Å². The molecule has 2 aromatic rings. The van der Waals surface area contributed by atoms with E-state index in [4.69, 9.17) is 34.0 Å². The van der Waals surface area contributed by atoms with E-state index in [9.17, 15) is 14.4 Å². The Hall–Kier alpha value is -2.71. The molecule has 0 aliphatic carbocycles. The fourth-order valence-electron chi connectivity index (χ4n) is 1.19. The van der Waals surface area contributed by atoms with Gasteiger partial charge in [0.2, 0.25) is 0 Å². The molecular weight excluding hydrogens is 347 g/mol. The molecule has 0 saturated carbocycles. The van der Waals surface area contributed by atoms with E-state index in [1.54, 1.807) is 11.4 Å². The fourth-order valence-corrected chi connectivity index (χ4v) is 1.42. The van der Waals surface area contributed by atoms with Gasteiger partial charge < -0.3 is 10.8 Å². The molecule has 0 spiro atoms. The number of rotatable bonds is 2. The van der Waals surface area contributed by atoms with Gasteiger partial charge in [0.25, 0.3) is 11.8 Å². The Morgan fingerprint density at radius 3 is 1.78 bits per heavy atom. The summed E-state index contributed by atoms with van der Waals surface area (Å²) in [5, 5.41) is 10.7.